The van der Waals surface area contributed by atoms with Crippen molar-refractivity contribution in [2.24, 2.45) is 0 Å². The van der Waals surface area contributed by atoms with Crippen molar-refractivity contribution in [1.82, 2.24) is 9.80 Å². The molecule has 1 amide bonds. The second-order valence-corrected chi connectivity index (χ2v) is 5.82. The maximum Gasteiger partial charge on any atom is 0.256 e. The van der Waals surface area contributed by atoms with Crippen LogP contribution < -0.4 is 0 Å². The van der Waals surface area contributed by atoms with Crippen molar-refractivity contribution in [2.45, 2.75) is 6.54 Å². The van der Waals surface area contributed by atoms with Crippen molar-refractivity contribution in [1.29, 1.82) is 0 Å². The summed E-state index contributed by atoms with van der Waals surface area (Å²) < 4.78 is 39.6. The zero-order chi connectivity index (χ0) is 17.1. The Balaban J connectivity index is 1.58. The molecule has 0 aromatic heterocycles. The lowest BCUT2D eigenvalue weighted by Crippen LogP contribution is -2.48. The molecule has 1 heterocycles. The van der Waals surface area contributed by atoms with Gasteiger partial charge in [0.1, 0.15) is 17.5 Å². The minimum atomic E-state index is -0.839. The molecular formula is C18H17F3N2O. The first kappa shape index (κ1) is 16.5. The van der Waals surface area contributed by atoms with Crippen LogP contribution in [-0.4, -0.2) is 41.9 Å². The maximum absolute atomic E-state index is 13.7. The maximum atomic E-state index is 13.7. The highest BCUT2D eigenvalue weighted by Gasteiger charge is 2.24. The Kier molecular flexibility index (Phi) is 4.85. The van der Waals surface area contributed by atoms with Crippen LogP contribution in [0.2, 0.25) is 0 Å². The molecule has 0 unspecified atom stereocenters. The normalized spacial score (nSPS) is 15.5. The molecule has 2 aromatic rings. The van der Waals surface area contributed by atoms with Gasteiger partial charge in [0.2, 0.25) is 0 Å². The van der Waals surface area contributed by atoms with Gasteiger partial charge in [-0.15, -0.1) is 0 Å². The van der Waals surface area contributed by atoms with Gasteiger partial charge in [0.05, 0.1) is 5.56 Å². The van der Waals surface area contributed by atoms with Gasteiger partial charge in [0.15, 0.2) is 0 Å². The number of carbonyl (C=O) groups excluding carboxylic acids is 1. The number of hydrogen-bond donors (Lipinski definition) is 0. The second kappa shape index (κ2) is 7.05. The average Bonchev–Trinajstić information content (AvgIpc) is 2.57. The Hall–Kier alpha value is -2.34. The lowest BCUT2D eigenvalue weighted by Gasteiger charge is -2.34. The number of amides is 1. The number of hydrogen-bond acceptors (Lipinski definition) is 2. The summed E-state index contributed by atoms with van der Waals surface area (Å²) in [4.78, 5) is 16.1. The van der Waals surface area contributed by atoms with E-state index in [9.17, 15) is 18.0 Å². The molecule has 1 fully saturated rings. The van der Waals surface area contributed by atoms with Gasteiger partial charge >= 0.3 is 0 Å². The first-order valence-corrected chi connectivity index (χ1v) is 7.74. The molecule has 0 aliphatic carbocycles. The number of benzene rings is 2. The van der Waals surface area contributed by atoms with Crippen LogP contribution in [0.25, 0.3) is 0 Å². The number of rotatable bonds is 3. The molecule has 0 radical (unpaired) electrons. The Morgan fingerprint density at radius 2 is 1.50 bits per heavy atom. The van der Waals surface area contributed by atoms with E-state index in [0.717, 1.165) is 17.7 Å². The van der Waals surface area contributed by atoms with Crippen molar-refractivity contribution in [3.8, 4) is 0 Å². The monoisotopic (exact) mass is 334 g/mol. The Labute approximate surface area is 138 Å². The average molecular weight is 334 g/mol. The molecule has 2 aromatic carbocycles. The molecule has 0 spiro atoms. The topological polar surface area (TPSA) is 23.6 Å². The molecule has 0 N–H and O–H groups in total. The Morgan fingerprint density at radius 1 is 0.875 bits per heavy atom. The zero-order valence-corrected chi connectivity index (χ0v) is 13.0. The van der Waals surface area contributed by atoms with E-state index < -0.39 is 17.5 Å². The zero-order valence-electron chi connectivity index (χ0n) is 13.0. The van der Waals surface area contributed by atoms with Crippen LogP contribution in [0.1, 0.15) is 15.9 Å². The van der Waals surface area contributed by atoms with Crippen LogP contribution in [-0.2, 0) is 6.54 Å². The molecule has 24 heavy (non-hydrogen) atoms. The third-order valence-electron chi connectivity index (χ3n) is 4.14. The Morgan fingerprint density at radius 3 is 2.12 bits per heavy atom. The van der Waals surface area contributed by atoms with E-state index in [1.807, 2.05) is 0 Å². The summed E-state index contributed by atoms with van der Waals surface area (Å²) in [6.45, 7) is 2.90. The van der Waals surface area contributed by atoms with Gasteiger partial charge in [-0.05, 0) is 29.8 Å². The van der Waals surface area contributed by atoms with Crippen molar-refractivity contribution >= 4 is 5.91 Å². The molecule has 0 bridgehead atoms. The van der Waals surface area contributed by atoms with Gasteiger partial charge in [-0.25, -0.2) is 13.2 Å². The van der Waals surface area contributed by atoms with Gasteiger partial charge in [0.25, 0.3) is 5.91 Å². The Bertz CT molecular complexity index is 726. The van der Waals surface area contributed by atoms with Crippen LogP contribution in [0.3, 0.4) is 0 Å². The highest BCUT2D eigenvalue weighted by Crippen LogP contribution is 2.15. The van der Waals surface area contributed by atoms with Gasteiger partial charge in [-0.3, -0.25) is 9.69 Å². The first-order chi connectivity index (χ1) is 11.5. The van der Waals surface area contributed by atoms with Crippen LogP contribution >= 0.6 is 0 Å². The summed E-state index contributed by atoms with van der Waals surface area (Å²) in [6.07, 6.45) is 0. The van der Waals surface area contributed by atoms with Crippen molar-refractivity contribution in [2.75, 3.05) is 26.2 Å². The fraction of sp³-hybridized carbons (Fsp3) is 0.278. The minimum absolute atomic E-state index is 0.108. The van der Waals surface area contributed by atoms with E-state index in [2.05, 4.69) is 4.90 Å². The van der Waals surface area contributed by atoms with E-state index in [0.29, 0.717) is 32.7 Å². The summed E-state index contributed by atoms with van der Waals surface area (Å²) in [5.41, 5.74) is 0.893. The van der Waals surface area contributed by atoms with Crippen LogP contribution in [0.15, 0.2) is 42.5 Å². The summed E-state index contributed by atoms with van der Waals surface area (Å²) >= 11 is 0. The van der Waals surface area contributed by atoms with E-state index in [1.54, 1.807) is 17.0 Å². The molecule has 126 valence electrons. The van der Waals surface area contributed by atoms with Gasteiger partial charge in [-0.1, -0.05) is 12.1 Å². The van der Waals surface area contributed by atoms with Crippen LogP contribution in [0.4, 0.5) is 13.2 Å². The third-order valence-corrected chi connectivity index (χ3v) is 4.14. The number of nitrogens with zero attached hydrogens (tertiary/aromatic N) is 2. The van der Waals surface area contributed by atoms with Crippen molar-refractivity contribution < 1.29 is 18.0 Å². The van der Waals surface area contributed by atoms with E-state index >= 15 is 0 Å². The quantitative estimate of drug-likeness (QED) is 0.861. The molecule has 1 saturated heterocycles. The van der Waals surface area contributed by atoms with Gasteiger partial charge in [0, 0.05) is 38.8 Å². The lowest BCUT2D eigenvalue weighted by molar-refractivity contribution is 0.0624. The van der Waals surface area contributed by atoms with Gasteiger partial charge < -0.3 is 4.90 Å². The molecular weight excluding hydrogens is 317 g/mol. The minimum Gasteiger partial charge on any atom is -0.336 e. The summed E-state index contributed by atoms with van der Waals surface area (Å²) in [6, 6.07) is 9.30. The molecule has 6 heteroatoms. The molecule has 3 nitrogen and oxygen atoms in total. The lowest BCUT2D eigenvalue weighted by atomic mass is 10.1. The number of carbonyl (C=O) groups is 1. The first-order valence-electron chi connectivity index (χ1n) is 7.74. The largest absolute Gasteiger partial charge is 0.336 e. The molecule has 0 saturated carbocycles. The van der Waals surface area contributed by atoms with E-state index in [-0.39, 0.29) is 11.4 Å². The van der Waals surface area contributed by atoms with E-state index in [4.69, 9.17) is 0 Å². The number of halogens is 3. The smallest absolute Gasteiger partial charge is 0.256 e. The number of piperazine rings is 1. The second-order valence-electron chi connectivity index (χ2n) is 5.82. The SMILES string of the molecule is O=C(c1ccc(F)cc1F)N1CCN(Cc2ccc(F)cc2)CC1. The third kappa shape index (κ3) is 3.76. The summed E-state index contributed by atoms with van der Waals surface area (Å²) in [5.74, 6) is -2.23. The van der Waals surface area contributed by atoms with Crippen LogP contribution in [0, 0.1) is 17.5 Å². The van der Waals surface area contributed by atoms with Crippen molar-refractivity contribution in [3.63, 3.8) is 0 Å². The standard InChI is InChI=1S/C18H17F3N2O/c19-14-3-1-13(2-4-14)12-22-7-9-23(10-8-22)18(24)16-6-5-15(20)11-17(16)21/h1-6,11H,7-10,12H2. The van der Waals surface area contributed by atoms with Gasteiger partial charge in [-0.2, -0.15) is 0 Å². The summed E-state index contributed by atoms with van der Waals surface area (Å²) in [5, 5.41) is 0. The van der Waals surface area contributed by atoms with Crippen molar-refractivity contribution in [3.05, 3.63) is 71.0 Å². The van der Waals surface area contributed by atoms with E-state index in [1.165, 1.54) is 18.2 Å². The predicted octanol–water partition coefficient (Wildman–Crippen LogP) is 3.06. The fourth-order valence-corrected chi connectivity index (χ4v) is 2.79. The molecule has 1 aliphatic rings. The predicted molar refractivity (Wildman–Crippen MR) is 83.9 cm³/mol. The molecule has 0 atom stereocenters. The summed E-state index contributed by atoms with van der Waals surface area (Å²) in [7, 11) is 0. The van der Waals surface area contributed by atoms with Crippen LogP contribution in [0.5, 0.6) is 0 Å². The molecule has 3 rings (SSSR count). The molecule has 1 aliphatic heterocycles. The fourth-order valence-electron chi connectivity index (χ4n) is 2.79. The highest BCUT2D eigenvalue weighted by molar-refractivity contribution is 5.94. The highest BCUT2D eigenvalue weighted by atomic mass is 19.1.